The van der Waals surface area contributed by atoms with Crippen LogP contribution in [-0.4, -0.2) is 5.97 Å². The summed E-state index contributed by atoms with van der Waals surface area (Å²) in [5, 5.41) is 3.52. The number of benzene rings is 3. The molecule has 0 amide bonds. The number of ether oxygens (including phenoxy) is 1. The van der Waals surface area contributed by atoms with Gasteiger partial charge in [0.15, 0.2) is 15.2 Å². The van der Waals surface area contributed by atoms with Crippen LogP contribution in [0.3, 0.4) is 0 Å². The van der Waals surface area contributed by atoms with Crippen molar-refractivity contribution in [2.75, 3.05) is 0 Å². The maximum Gasteiger partial charge on any atom is 0.339 e. The minimum absolute atomic E-state index is 0.173. The molecule has 1 aromatic heterocycles. The zero-order valence-corrected chi connectivity index (χ0v) is 18.3. The lowest BCUT2D eigenvalue weighted by Gasteiger charge is -2.28. The van der Waals surface area contributed by atoms with Crippen molar-refractivity contribution < 1.29 is 18.3 Å². The lowest BCUT2D eigenvalue weighted by Crippen LogP contribution is -2.29. The van der Waals surface area contributed by atoms with Crippen LogP contribution in [0.25, 0.3) is 15.0 Å². The number of hydrogen-bond donors (Lipinski definition) is 0. The molecule has 5 rings (SSSR count). The van der Waals surface area contributed by atoms with Gasteiger partial charge < -0.3 is 4.74 Å². The van der Waals surface area contributed by atoms with Crippen LogP contribution in [0.5, 0.6) is 0 Å². The summed E-state index contributed by atoms with van der Waals surface area (Å²) in [7, 11) is -0.173. The number of aryl methyl sites for hydroxylation is 1. The van der Waals surface area contributed by atoms with E-state index in [2.05, 4.69) is 24.4 Å². The average molecular weight is 448 g/mol. The van der Waals surface area contributed by atoms with Crippen LogP contribution >= 0.6 is 10.5 Å². The standard InChI is InChI=1S/C27H21F2O2S/c1-18-17-32(25-7-3-2-6-24(18)25)23-10-8-19(9-11-23)26(30)31-27(12-4-5-13-27)20-14-21(28)16-22(29)15-20/h2-4,6-12,14-17H,5,13H2,1H3/q+1. The van der Waals surface area contributed by atoms with Crippen molar-refractivity contribution in [3.63, 3.8) is 0 Å². The minimum Gasteiger partial charge on any atom is -0.446 e. The Hall–Kier alpha value is -3.31. The highest BCUT2D eigenvalue weighted by atomic mass is 32.2. The summed E-state index contributed by atoms with van der Waals surface area (Å²) >= 11 is 0. The summed E-state index contributed by atoms with van der Waals surface area (Å²) in [6.07, 6.45) is 4.70. The number of fused-ring (bicyclic) bond motifs is 1. The molecule has 4 aromatic rings. The van der Waals surface area contributed by atoms with E-state index in [9.17, 15) is 13.6 Å². The van der Waals surface area contributed by atoms with Gasteiger partial charge in [-0.15, -0.1) is 0 Å². The third-order valence-corrected chi connectivity index (χ3v) is 8.08. The van der Waals surface area contributed by atoms with Crippen LogP contribution in [0, 0.1) is 18.6 Å². The van der Waals surface area contributed by atoms with Crippen LogP contribution < -0.4 is 0 Å². The third-order valence-electron chi connectivity index (χ3n) is 5.88. The van der Waals surface area contributed by atoms with Crippen LogP contribution in [0.4, 0.5) is 8.78 Å². The Morgan fingerprint density at radius 3 is 2.41 bits per heavy atom. The van der Waals surface area contributed by atoms with Gasteiger partial charge in [0.25, 0.3) is 0 Å². The van der Waals surface area contributed by atoms with Gasteiger partial charge in [-0.3, -0.25) is 0 Å². The van der Waals surface area contributed by atoms with Gasteiger partial charge in [-0.1, -0.05) is 18.2 Å². The monoisotopic (exact) mass is 447 g/mol. The number of halogens is 2. The van der Waals surface area contributed by atoms with Crippen LogP contribution in [0.2, 0.25) is 0 Å². The molecule has 32 heavy (non-hydrogen) atoms. The Morgan fingerprint density at radius 1 is 1.00 bits per heavy atom. The number of hydrogen-bond acceptors (Lipinski definition) is 2. The summed E-state index contributed by atoms with van der Waals surface area (Å²) in [5.74, 6) is -1.91. The number of carbonyl (C=O) groups excluding carboxylic acids is 1. The number of rotatable bonds is 4. The fourth-order valence-corrected chi connectivity index (χ4v) is 6.40. The second kappa shape index (κ2) is 7.99. The first-order chi connectivity index (χ1) is 15.4. The Bertz CT molecular complexity index is 1330. The van der Waals surface area contributed by atoms with Crippen molar-refractivity contribution in [1.29, 1.82) is 0 Å². The highest BCUT2D eigenvalue weighted by Crippen LogP contribution is 2.42. The van der Waals surface area contributed by atoms with E-state index in [-0.39, 0.29) is 10.5 Å². The second-order valence-corrected chi connectivity index (χ2v) is 9.86. The van der Waals surface area contributed by atoms with E-state index >= 15 is 0 Å². The van der Waals surface area contributed by atoms with Gasteiger partial charge in [-0.05, 0) is 74.4 Å². The van der Waals surface area contributed by atoms with E-state index in [1.54, 1.807) is 18.2 Å². The Kier molecular flexibility index (Phi) is 5.14. The summed E-state index contributed by atoms with van der Waals surface area (Å²) in [5.41, 5.74) is 0.801. The zero-order chi connectivity index (χ0) is 22.3. The van der Waals surface area contributed by atoms with E-state index in [4.69, 9.17) is 4.74 Å². The van der Waals surface area contributed by atoms with Crippen molar-refractivity contribution in [3.8, 4) is 4.90 Å². The van der Waals surface area contributed by atoms with E-state index in [1.165, 1.54) is 27.8 Å². The number of allylic oxidation sites excluding steroid dienone is 1. The molecule has 3 aromatic carbocycles. The normalized spacial score (nSPS) is 18.3. The molecule has 0 aliphatic heterocycles. The predicted molar refractivity (Wildman–Crippen MR) is 124 cm³/mol. The zero-order valence-electron chi connectivity index (χ0n) is 17.5. The molecule has 1 aliphatic carbocycles. The van der Waals surface area contributed by atoms with Crippen molar-refractivity contribution in [2.45, 2.75) is 25.4 Å². The summed E-state index contributed by atoms with van der Waals surface area (Å²) in [4.78, 5) is 14.1. The molecule has 0 spiro atoms. The van der Waals surface area contributed by atoms with Crippen molar-refractivity contribution in [1.82, 2.24) is 0 Å². The molecule has 1 heterocycles. The van der Waals surface area contributed by atoms with Crippen molar-refractivity contribution in [2.24, 2.45) is 0 Å². The molecule has 2 atom stereocenters. The molecule has 160 valence electrons. The number of thiophene rings is 1. The van der Waals surface area contributed by atoms with Crippen molar-refractivity contribution in [3.05, 3.63) is 113 Å². The summed E-state index contributed by atoms with van der Waals surface area (Å²) in [6, 6.07) is 19.0. The fourth-order valence-electron chi connectivity index (χ4n) is 4.28. The largest absolute Gasteiger partial charge is 0.446 e. The van der Waals surface area contributed by atoms with Crippen molar-refractivity contribution >= 4 is 26.5 Å². The molecule has 2 unspecified atom stereocenters. The van der Waals surface area contributed by atoms with Gasteiger partial charge in [0, 0.05) is 33.0 Å². The third kappa shape index (κ3) is 3.63. The molecule has 0 radical (unpaired) electrons. The first-order valence-electron chi connectivity index (χ1n) is 10.4. The predicted octanol–water partition coefficient (Wildman–Crippen LogP) is 7.57. The Balaban J connectivity index is 1.44. The average Bonchev–Trinajstić information content (AvgIpc) is 3.39. The van der Waals surface area contributed by atoms with Gasteiger partial charge in [0.1, 0.15) is 17.0 Å². The van der Waals surface area contributed by atoms with E-state index < -0.39 is 23.2 Å². The molecular formula is C27H21F2O2S+. The molecule has 5 heteroatoms. The molecule has 0 fully saturated rings. The molecule has 0 bridgehead atoms. The lowest BCUT2D eigenvalue weighted by molar-refractivity contribution is 0.00153. The molecule has 1 aliphatic rings. The maximum absolute atomic E-state index is 13.8. The first kappa shape index (κ1) is 20.6. The second-order valence-electron chi connectivity index (χ2n) is 8.04. The van der Waals surface area contributed by atoms with Gasteiger partial charge in [-0.2, -0.15) is 0 Å². The number of carbonyl (C=O) groups is 1. The molecule has 0 saturated carbocycles. The van der Waals surface area contributed by atoms with Crippen LogP contribution in [0.1, 0.15) is 34.3 Å². The maximum atomic E-state index is 13.8. The first-order valence-corrected chi connectivity index (χ1v) is 11.7. The molecule has 0 saturated heterocycles. The summed E-state index contributed by atoms with van der Waals surface area (Å²) < 4.78 is 34.8. The van der Waals surface area contributed by atoms with Crippen LogP contribution in [0.15, 0.2) is 84.3 Å². The van der Waals surface area contributed by atoms with Crippen LogP contribution in [-0.2, 0) is 10.3 Å². The van der Waals surface area contributed by atoms with E-state index in [0.717, 1.165) is 11.0 Å². The molecule has 0 N–H and O–H groups in total. The SMILES string of the molecule is Cc1c[s+](-c2ccc(C(=O)OC3(c4cc(F)cc(F)c4)C=CCC3)cc2)c2ccccc12. The smallest absolute Gasteiger partial charge is 0.339 e. The minimum atomic E-state index is -1.16. The molecular weight excluding hydrogens is 426 g/mol. The lowest BCUT2D eigenvalue weighted by atomic mass is 9.92. The quantitative estimate of drug-likeness (QED) is 0.183. The Labute approximate surface area is 187 Å². The van der Waals surface area contributed by atoms with Gasteiger partial charge in [0.2, 0.25) is 0 Å². The highest BCUT2D eigenvalue weighted by Gasteiger charge is 2.37. The highest BCUT2D eigenvalue weighted by molar-refractivity contribution is 7.43. The van der Waals surface area contributed by atoms with Gasteiger partial charge in [-0.25, -0.2) is 13.6 Å². The number of esters is 1. The molecule has 2 nitrogen and oxygen atoms in total. The Morgan fingerprint density at radius 2 is 1.72 bits per heavy atom. The topological polar surface area (TPSA) is 26.3 Å². The summed E-state index contributed by atoms with van der Waals surface area (Å²) in [6.45, 7) is 2.11. The van der Waals surface area contributed by atoms with Gasteiger partial charge in [0.05, 0.1) is 5.56 Å². The fraction of sp³-hybridized carbons (Fsp3) is 0.148. The van der Waals surface area contributed by atoms with Gasteiger partial charge >= 0.3 is 5.97 Å². The van der Waals surface area contributed by atoms with E-state index in [1.807, 2.05) is 30.3 Å². The van der Waals surface area contributed by atoms with E-state index in [0.29, 0.717) is 24.0 Å².